The van der Waals surface area contributed by atoms with E-state index >= 15 is 0 Å². The number of nitrogens with zero attached hydrogens (tertiary/aromatic N) is 1. The summed E-state index contributed by atoms with van der Waals surface area (Å²) in [5.41, 5.74) is -0.641. The highest BCUT2D eigenvalue weighted by atomic mass is 16.3. The number of rotatable bonds is 2. The van der Waals surface area contributed by atoms with Crippen LogP contribution in [0, 0.1) is 5.92 Å². The van der Waals surface area contributed by atoms with Crippen molar-refractivity contribution in [2.24, 2.45) is 10.9 Å². The minimum absolute atomic E-state index is 0.147. The Labute approximate surface area is 74.0 Å². The fourth-order valence-electron chi connectivity index (χ4n) is 1.39. The molecular weight excluding hydrogens is 150 g/mol. The van der Waals surface area contributed by atoms with Crippen molar-refractivity contribution in [3.05, 3.63) is 12.2 Å². The molecule has 0 fully saturated rings. The topological polar surface area (TPSA) is 32.6 Å². The Morgan fingerprint density at radius 1 is 1.75 bits per heavy atom. The van der Waals surface area contributed by atoms with Gasteiger partial charge in [-0.3, -0.25) is 4.99 Å². The van der Waals surface area contributed by atoms with Gasteiger partial charge in [-0.15, -0.1) is 0 Å². The van der Waals surface area contributed by atoms with Crippen molar-refractivity contribution in [2.45, 2.75) is 32.3 Å². The third-order valence-electron chi connectivity index (χ3n) is 2.40. The molecular formula is C10H17NO. The first-order chi connectivity index (χ1) is 5.69. The van der Waals surface area contributed by atoms with E-state index in [1.54, 1.807) is 0 Å². The van der Waals surface area contributed by atoms with E-state index in [-0.39, 0.29) is 5.92 Å². The molecule has 2 heteroatoms. The van der Waals surface area contributed by atoms with E-state index in [0.29, 0.717) is 0 Å². The van der Waals surface area contributed by atoms with Crippen LogP contribution in [0.2, 0.25) is 0 Å². The summed E-state index contributed by atoms with van der Waals surface area (Å²) in [5, 5.41) is 10.1. The minimum Gasteiger partial charge on any atom is -0.385 e. The first-order valence-electron chi connectivity index (χ1n) is 4.59. The molecule has 0 radical (unpaired) electrons. The number of allylic oxidation sites excluding steroid dienone is 1. The molecule has 0 amide bonds. The van der Waals surface area contributed by atoms with Crippen molar-refractivity contribution >= 4 is 6.21 Å². The van der Waals surface area contributed by atoms with E-state index in [1.807, 2.05) is 25.3 Å². The molecule has 0 spiro atoms. The van der Waals surface area contributed by atoms with Crippen molar-refractivity contribution < 1.29 is 5.11 Å². The van der Waals surface area contributed by atoms with Gasteiger partial charge in [0.1, 0.15) is 0 Å². The highest BCUT2D eigenvalue weighted by molar-refractivity contribution is 5.63. The average molecular weight is 167 g/mol. The molecule has 0 aromatic heterocycles. The highest BCUT2D eigenvalue weighted by Gasteiger charge is 2.31. The number of aliphatic imine (C=N–C) groups is 1. The predicted octanol–water partition coefficient (Wildman–Crippen LogP) is 1.79. The van der Waals surface area contributed by atoms with Gasteiger partial charge in [0, 0.05) is 18.7 Å². The molecule has 0 aromatic rings. The second-order valence-electron chi connectivity index (χ2n) is 3.40. The molecule has 0 aromatic carbocycles. The van der Waals surface area contributed by atoms with E-state index in [0.717, 1.165) is 19.4 Å². The Kier molecular flexibility index (Phi) is 3.04. The van der Waals surface area contributed by atoms with Crippen molar-refractivity contribution in [1.29, 1.82) is 0 Å². The van der Waals surface area contributed by atoms with E-state index in [4.69, 9.17) is 0 Å². The highest BCUT2D eigenvalue weighted by Crippen LogP contribution is 2.25. The molecule has 68 valence electrons. The SMILES string of the molecule is CC/C=C\C1(O)CCN=C[C@@H]1C. The third kappa shape index (κ3) is 1.95. The van der Waals surface area contributed by atoms with Crippen LogP contribution in [0.4, 0.5) is 0 Å². The molecule has 1 unspecified atom stereocenters. The zero-order valence-electron chi connectivity index (χ0n) is 7.83. The number of hydrogen-bond acceptors (Lipinski definition) is 2. The summed E-state index contributed by atoms with van der Waals surface area (Å²) < 4.78 is 0. The molecule has 1 aliphatic rings. The second-order valence-corrected chi connectivity index (χ2v) is 3.40. The lowest BCUT2D eigenvalue weighted by Crippen LogP contribution is -2.38. The summed E-state index contributed by atoms with van der Waals surface area (Å²) in [6.07, 6.45) is 7.52. The monoisotopic (exact) mass is 167 g/mol. The van der Waals surface area contributed by atoms with Gasteiger partial charge in [-0.1, -0.05) is 26.0 Å². The third-order valence-corrected chi connectivity index (χ3v) is 2.40. The van der Waals surface area contributed by atoms with E-state index < -0.39 is 5.60 Å². The minimum atomic E-state index is -0.641. The van der Waals surface area contributed by atoms with Crippen LogP contribution in [-0.2, 0) is 0 Å². The molecule has 2 nitrogen and oxygen atoms in total. The van der Waals surface area contributed by atoms with Gasteiger partial charge in [0.05, 0.1) is 5.60 Å². The molecule has 0 bridgehead atoms. The lowest BCUT2D eigenvalue weighted by molar-refractivity contribution is 0.0525. The maximum Gasteiger partial charge on any atom is 0.0919 e. The normalized spacial score (nSPS) is 36.1. The predicted molar refractivity (Wildman–Crippen MR) is 51.5 cm³/mol. The molecule has 12 heavy (non-hydrogen) atoms. The smallest absolute Gasteiger partial charge is 0.0919 e. The fraction of sp³-hybridized carbons (Fsp3) is 0.700. The molecule has 1 rings (SSSR count). The van der Waals surface area contributed by atoms with Crippen LogP contribution in [0.5, 0.6) is 0 Å². The van der Waals surface area contributed by atoms with Gasteiger partial charge in [-0.05, 0) is 12.8 Å². The zero-order chi connectivity index (χ0) is 9.03. The lowest BCUT2D eigenvalue weighted by atomic mass is 9.84. The van der Waals surface area contributed by atoms with Crippen molar-refractivity contribution in [1.82, 2.24) is 0 Å². The fourth-order valence-corrected chi connectivity index (χ4v) is 1.39. The van der Waals surface area contributed by atoms with Crippen LogP contribution < -0.4 is 0 Å². The molecule has 0 saturated heterocycles. The maximum atomic E-state index is 10.1. The first kappa shape index (κ1) is 9.46. The Hall–Kier alpha value is -0.630. The number of hydrogen-bond donors (Lipinski definition) is 1. The summed E-state index contributed by atoms with van der Waals surface area (Å²) >= 11 is 0. The molecule has 0 aliphatic carbocycles. The van der Waals surface area contributed by atoms with Gasteiger partial charge >= 0.3 is 0 Å². The van der Waals surface area contributed by atoms with Gasteiger partial charge in [0.2, 0.25) is 0 Å². The largest absolute Gasteiger partial charge is 0.385 e. The number of aliphatic hydroxyl groups is 1. The Balaban J connectivity index is 2.68. The summed E-state index contributed by atoms with van der Waals surface area (Å²) in [5.74, 6) is 0.147. The first-order valence-corrected chi connectivity index (χ1v) is 4.59. The van der Waals surface area contributed by atoms with Crippen LogP contribution in [0.15, 0.2) is 17.1 Å². The molecule has 0 saturated carbocycles. The Bertz CT molecular complexity index is 198. The quantitative estimate of drug-likeness (QED) is 0.625. The zero-order valence-corrected chi connectivity index (χ0v) is 7.83. The standard InChI is InChI=1S/C10H17NO/c1-3-4-5-10(12)6-7-11-8-9(10)2/h4-5,8-9,12H,3,6-7H2,1-2H3/b5-4-/t9-,10?/m0/s1. The van der Waals surface area contributed by atoms with E-state index in [9.17, 15) is 5.11 Å². The summed E-state index contributed by atoms with van der Waals surface area (Å²) in [7, 11) is 0. The molecule has 1 aliphatic heterocycles. The van der Waals surface area contributed by atoms with Crippen molar-refractivity contribution in [3.63, 3.8) is 0 Å². The van der Waals surface area contributed by atoms with E-state index in [2.05, 4.69) is 11.9 Å². The lowest BCUT2D eigenvalue weighted by Gasteiger charge is -2.31. The van der Waals surface area contributed by atoms with Crippen molar-refractivity contribution in [3.8, 4) is 0 Å². The second kappa shape index (κ2) is 3.85. The molecule has 1 N–H and O–H groups in total. The summed E-state index contributed by atoms with van der Waals surface area (Å²) in [4.78, 5) is 4.14. The Morgan fingerprint density at radius 2 is 2.50 bits per heavy atom. The summed E-state index contributed by atoms with van der Waals surface area (Å²) in [6.45, 7) is 4.82. The van der Waals surface area contributed by atoms with Gasteiger partial charge in [0.15, 0.2) is 0 Å². The van der Waals surface area contributed by atoms with Gasteiger partial charge in [-0.25, -0.2) is 0 Å². The van der Waals surface area contributed by atoms with Gasteiger partial charge < -0.3 is 5.11 Å². The van der Waals surface area contributed by atoms with Crippen LogP contribution in [0.25, 0.3) is 0 Å². The maximum absolute atomic E-state index is 10.1. The summed E-state index contributed by atoms with van der Waals surface area (Å²) in [6, 6.07) is 0. The van der Waals surface area contributed by atoms with Gasteiger partial charge in [0.25, 0.3) is 0 Å². The Morgan fingerprint density at radius 3 is 3.08 bits per heavy atom. The van der Waals surface area contributed by atoms with Crippen LogP contribution in [0.3, 0.4) is 0 Å². The molecule has 1 heterocycles. The molecule has 2 atom stereocenters. The van der Waals surface area contributed by atoms with Crippen LogP contribution in [-0.4, -0.2) is 23.5 Å². The van der Waals surface area contributed by atoms with Crippen molar-refractivity contribution in [2.75, 3.05) is 6.54 Å². The van der Waals surface area contributed by atoms with Crippen LogP contribution >= 0.6 is 0 Å². The van der Waals surface area contributed by atoms with E-state index in [1.165, 1.54) is 0 Å². The average Bonchev–Trinajstić information content (AvgIpc) is 2.07. The van der Waals surface area contributed by atoms with Gasteiger partial charge in [-0.2, -0.15) is 0 Å². The van der Waals surface area contributed by atoms with Crippen LogP contribution in [0.1, 0.15) is 26.7 Å².